The lowest BCUT2D eigenvalue weighted by atomic mass is 10.1. The molecule has 0 spiro atoms. The van der Waals surface area contributed by atoms with E-state index >= 15 is 0 Å². The van der Waals surface area contributed by atoms with Crippen molar-refractivity contribution in [1.29, 1.82) is 0 Å². The quantitative estimate of drug-likeness (QED) is 0.457. The highest BCUT2D eigenvalue weighted by atomic mass is 32.1. The molecule has 1 N–H and O–H groups in total. The molecule has 0 radical (unpaired) electrons. The summed E-state index contributed by atoms with van der Waals surface area (Å²) in [6.45, 7) is 0. The van der Waals surface area contributed by atoms with Crippen LogP contribution in [0.15, 0.2) is 91.1 Å². The van der Waals surface area contributed by atoms with Crippen molar-refractivity contribution in [3.63, 3.8) is 0 Å². The van der Waals surface area contributed by atoms with E-state index in [9.17, 15) is 4.79 Å². The van der Waals surface area contributed by atoms with Gasteiger partial charge in [-0.1, -0.05) is 60.7 Å². The number of ether oxygens (including phenoxy) is 1. The van der Waals surface area contributed by atoms with E-state index in [1.807, 2.05) is 66.9 Å². The fraction of sp³-hybridized carbons (Fsp3) is 0.0435. The highest BCUT2D eigenvalue weighted by Crippen LogP contribution is 2.27. The van der Waals surface area contributed by atoms with E-state index in [2.05, 4.69) is 22.4 Å². The minimum Gasteiger partial charge on any atom is -0.410 e. The van der Waals surface area contributed by atoms with Crippen LogP contribution in [0, 0.1) is 0 Å². The second-order valence-corrected chi connectivity index (χ2v) is 7.30. The Balaban J connectivity index is 1.36. The number of anilines is 1. The summed E-state index contributed by atoms with van der Waals surface area (Å²) in [7, 11) is 0. The zero-order chi connectivity index (χ0) is 19.2. The molecule has 28 heavy (non-hydrogen) atoms. The molecule has 4 aromatic rings. The van der Waals surface area contributed by atoms with Crippen molar-refractivity contribution >= 4 is 23.1 Å². The van der Waals surface area contributed by atoms with Gasteiger partial charge in [0.1, 0.15) is 5.75 Å². The average molecular weight is 386 g/mol. The minimum atomic E-state index is -0.508. The Morgan fingerprint density at radius 3 is 2.29 bits per heavy atom. The van der Waals surface area contributed by atoms with Crippen LogP contribution < -0.4 is 10.1 Å². The van der Waals surface area contributed by atoms with Crippen LogP contribution in [0.2, 0.25) is 0 Å². The van der Waals surface area contributed by atoms with Crippen molar-refractivity contribution < 1.29 is 9.53 Å². The molecule has 138 valence electrons. The van der Waals surface area contributed by atoms with Crippen LogP contribution in [0.5, 0.6) is 5.75 Å². The summed E-state index contributed by atoms with van der Waals surface area (Å²) in [4.78, 5) is 17.7. The summed E-state index contributed by atoms with van der Waals surface area (Å²) in [5, 5.41) is 3.79. The normalized spacial score (nSPS) is 10.4. The Labute approximate surface area is 167 Å². The minimum absolute atomic E-state index is 0.508. The standard InChI is InChI=1S/C23H18N2O2S/c26-23(27-20-9-5-2-6-10-20)25-19-13-11-17(12-14-19)15-22-24-16-21(28-22)18-7-3-1-4-8-18/h1-14,16H,15H2,(H,25,26). The number of benzene rings is 3. The molecule has 4 nitrogen and oxygen atoms in total. The Hall–Kier alpha value is -3.44. The van der Waals surface area contributed by atoms with E-state index in [1.165, 1.54) is 5.56 Å². The van der Waals surface area contributed by atoms with Gasteiger partial charge in [0.15, 0.2) is 0 Å². The number of nitrogens with one attached hydrogen (secondary N) is 1. The van der Waals surface area contributed by atoms with Crippen LogP contribution in [0.3, 0.4) is 0 Å². The van der Waals surface area contributed by atoms with Gasteiger partial charge < -0.3 is 4.74 Å². The van der Waals surface area contributed by atoms with Crippen LogP contribution in [0.25, 0.3) is 10.4 Å². The molecule has 0 saturated carbocycles. The van der Waals surface area contributed by atoms with Crippen molar-refractivity contribution in [2.45, 2.75) is 6.42 Å². The molecule has 0 aliphatic carbocycles. The average Bonchev–Trinajstić information content (AvgIpc) is 3.19. The summed E-state index contributed by atoms with van der Waals surface area (Å²) < 4.78 is 5.23. The van der Waals surface area contributed by atoms with Gasteiger partial charge in [-0.25, -0.2) is 9.78 Å². The molecule has 1 heterocycles. The molecule has 0 aliphatic heterocycles. The Bertz CT molecular complexity index is 1040. The third kappa shape index (κ3) is 4.64. The number of hydrogen-bond acceptors (Lipinski definition) is 4. The van der Waals surface area contributed by atoms with E-state index in [-0.39, 0.29) is 0 Å². The van der Waals surface area contributed by atoms with E-state index in [0.29, 0.717) is 11.4 Å². The van der Waals surface area contributed by atoms with Gasteiger partial charge in [0.2, 0.25) is 0 Å². The largest absolute Gasteiger partial charge is 0.417 e. The number of nitrogens with zero attached hydrogens (tertiary/aromatic N) is 1. The van der Waals surface area contributed by atoms with Gasteiger partial charge in [0, 0.05) is 18.3 Å². The van der Waals surface area contributed by atoms with Crippen molar-refractivity contribution in [3.05, 3.63) is 102 Å². The maximum absolute atomic E-state index is 12.0. The molecule has 0 saturated heterocycles. The summed E-state index contributed by atoms with van der Waals surface area (Å²) in [6, 6.07) is 26.9. The predicted molar refractivity (Wildman–Crippen MR) is 113 cm³/mol. The molecule has 1 amide bonds. The molecular weight excluding hydrogens is 368 g/mol. The second-order valence-electron chi connectivity index (χ2n) is 6.19. The number of carbonyl (C=O) groups excluding carboxylic acids is 1. The fourth-order valence-corrected chi connectivity index (χ4v) is 3.70. The third-order valence-electron chi connectivity index (χ3n) is 4.12. The van der Waals surface area contributed by atoms with E-state index in [0.717, 1.165) is 21.9 Å². The lowest BCUT2D eigenvalue weighted by molar-refractivity contribution is 0.215. The summed E-state index contributed by atoms with van der Waals surface area (Å²) in [5.74, 6) is 0.509. The molecule has 1 aromatic heterocycles. The van der Waals surface area contributed by atoms with E-state index in [1.54, 1.807) is 23.5 Å². The third-order valence-corrected chi connectivity index (χ3v) is 5.17. The molecular formula is C23H18N2O2S. The van der Waals surface area contributed by atoms with Crippen molar-refractivity contribution in [1.82, 2.24) is 4.98 Å². The SMILES string of the molecule is O=C(Nc1ccc(Cc2ncc(-c3ccccc3)s2)cc1)Oc1ccccc1. The topological polar surface area (TPSA) is 51.2 Å². The van der Waals surface area contributed by atoms with Crippen molar-refractivity contribution in [2.75, 3.05) is 5.32 Å². The van der Waals surface area contributed by atoms with Crippen molar-refractivity contribution in [3.8, 4) is 16.2 Å². The van der Waals surface area contributed by atoms with E-state index < -0.39 is 6.09 Å². The van der Waals surface area contributed by atoms with E-state index in [4.69, 9.17) is 4.74 Å². The number of para-hydroxylation sites is 1. The highest BCUT2D eigenvalue weighted by molar-refractivity contribution is 7.15. The number of rotatable bonds is 5. The van der Waals surface area contributed by atoms with Gasteiger partial charge in [-0.15, -0.1) is 11.3 Å². The molecule has 0 unspecified atom stereocenters. The number of hydrogen-bond donors (Lipinski definition) is 1. The lowest BCUT2D eigenvalue weighted by Gasteiger charge is -2.07. The Kier molecular flexibility index (Phi) is 5.45. The molecule has 3 aromatic carbocycles. The predicted octanol–water partition coefficient (Wildman–Crippen LogP) is 6.01. The lowest BCUT2D eigenvalue weighted by Crippen LogP contribution is -2.16. The maximum Gasteiger partial charge on any atom is 0.417 e. The van der Waals surface area contributed by atoms with Crippen molar-refractivity contribution in [2.24, 2.45) is 0 Å². The molecule has 0 bridgehead atoms. The zero-order valence-corrected chi connectivity index (χ0v) is 15.9. The summed E-state index contributed by atoms with van der Waals surface area (Å²) in [5.41, 5.74) is 3.01. The molecule has 4 rings (SSSR count). The first kappa shape index (κ1) is 17.9. The van der Waals surface area contributed by atoms with Gasteiger partial charge in [0.05, 0.1) is 9.88 Å². The van der Waals surface area contributed by atoms with Crippen LogP contribution in [-0.4, -0.2) is 11.1 Å². The maximum atomic E-state index is 12.0. The fourth-order valence-electron chi connectivity index (χ4n) is 2.75. The first-order chi connectivity index (χ1) is 13.8. The van der Waals surface area contributed by atoms with Gasteiger partial charge >= 0.3 is 6.09 Å². The smallest absolute Gasteiger partial charge is 0.410 e. The first-order valence-electron chi connectivity index (χ1n) is 8.89. The van der Waals surface area contributed by atoms with Gasteiger partial charge in [-0.05, 0) is 35.4 Å². The van der Waals surface area contributed by atoms with Gasteiger partial charge in [0.25, 0.3) is 0 Å². The Morgan fingerprint density at radius 2 is 1.57 bits per heavy atom. The van der Waals surface area contributed by atoms with Crippen LogP contribution in [0.1, 0.15) is 10.6 Å². The Morgan fingerprint density at radius 1 is 0.893 bits per heavy atom. The van der Waals surface area contributed by atoms with Crippen LogP contribution in [0.4, 0.5) is 10.5 Å². The molecule has 0 aliphatic rings. The number of amides is 1. The monoisotopic (exact) mass is 386 g/mol. The summed E-state index contributed by atoms with van der Waals surface area (Å²) in [6.07, 6.45) is 2.17. The number of carbonyl (C=O) groups is 1. The van der Waals surface area contributed by atoms with Gasteiger partial charge in [-0.3, -0.25) is 5.32 Å². The second kappa shape index (κ2) is 8.50. The molecule has 0 fully saturated rings. The number of aromatic nitrogens is 1. The molecule has 0 atom stereocenters. The van der Waals surface area contributed by atoms with Gasteiger partial charge in [-0.2, -0.15) is 0 Å². The highest BCUT2D eigenvalue weighted by Gasteiger charge is 2.07. The summed E-state index contributed by atoms with van der Waals surface area (Å²) >= 11 is 1.70. The molecule has 5 heteroatoms. The van der Waals surface area contributed by atoms with Crippen LogP contribution in [-0.2, 0) is 6.42 Å². The van der Waals surface area contributed by atoms with Crippen LogP contribution >= 0.6 is 11.3 Å². The number of thiazole rings is 1. The first-order valence-corrected chi connectivity index (χ1v) is 9.71. The zero-order valence-electron chi connectivity index (χ0n) is 15.0.